The molecule has 0 radical (unpaired) electrons. The van der Waals surface area contributed by atoms with Crippen molar-refractivity contribution in [1.82, 2.24) is 8.75 Å². The summed E-state index contributed by atoms with van der Waals surface area (Å²) in [5.74, 6) is -1.34. The van der Waals surface area contributed by atoms with Crippen molar-refractivity contribution in [3.63, 3.8) is 0 Å². The summed E-state index contributed by atoms with van der Waals surface area (Å²) >= 11 is 0.965. The molecule has 0 aliphatic heterocycles. The number of aliphatic carboxylic acids is 1. The lowest BCUT2D eigenvalue weighted by atomic mass is 10.2. The van der Waals surface area contributed by atoms with E-state index in [1.807, 2.05) is 0 Å². The maximum atomic E-state index is 11.7. The van der Waals surface area contributed by atoms with E-state index in [-0.39, 0.29) is 11.6 Å². The minimum absolute atomic E-state index is 0.264. The zero-order chi connectivity index (χ0) is 13.7. The number of amides is 1. The van der Waals surface area contributed by atoms with Crippen LogP contribution in [0.1, 0.15) is 16.1 Å². The Morgan fingerprint density at radius 3 is 2.58 bits per heavy atom. The first-order valence-electron chi connectivity index (χ1n) is 5.25. The maximum Gasteiger partial charge on any atom is 0.328 e. The lowest BCUT2D eigenvalue weighted by Gasteiger charge is -2.02. The predicted molar refractivity (Wildman–Crippen MR) is 71.0 cm³/mol. The predicted octanol–water partition coefficient (Wildman–Crippen LogP) is 1.89. The molecule has 2 rings (SSSR count). The Labute approximate surface area is 112 Å². The number of aromatic nitrogens is 2. The first-order valence-corrected chi connectivity index (χ1v) is 5.98. The number of carbonyl (C=O) groups excluding carboxylic acids is 1. The van der Waals surface area contributed by atoms with Crippen LogP contribution in [0.2, 0.25) is 0 Å². The summed E-state index contributed by atoms with van der Waals surface area (Å²) in [4.78, 5) is 22.0. The van der Waals surface area contributed by atoms with Gasteiger partial charge in [0.2, 0.25) is 0 Å². The highest BCUT2D eigenvalue weighted by Gasteiger charge is 2.08. The number of nitrogens with one attached hydrogen (secondary N) is 1. The van der Waals surface area contributed by atoms with Crippen LogP contribution in [-0.4, -0.2) is 25.7 Å². The number of nitrogens with zero attached hydrogens (tertiary/aromatic N) is 2. The van der Waals surface area contributed by atoms with Gasteiger partial charge in [-0.25, -0.2) is 4.79 Å². The van der Waals surface area contributed by atoms with Gasteiger partial charge in [-0.1, -0.05) is 12.1 Å². The summed E-state index contributed by atoms with van der Waals surface area (Å²) in [5, 5.41) is 11.2. The zero-order valence-electron chi connectivity index (χ0n) is 9.61. The minimum atomic E-state index is -1.01. The monoisotopic (exact) mass is 275 g/mol. The standard InChI is InChI=1S/C12H9N3O3S/c16-11(17)6-3-8-1-4-9(5-2-8)14-12(18)10-7-13-19-15-10/h1-7H,(H,14,18)(H,16,17)/b6-3+. The molecule has 0 aliphatic rings. The molecular weight excluding hydrogens is 266 g/mol. The van der Waals surface area contributed by atoms with E-state index in [2.05, 4.69) is 14.1 Å². The van der Waals surface area contributed by atoms with Gasteiger partial charge in [-0.05, 0) is 23.8 Å². The third-order valence-corrected chi connectivity index (χ3v) is 2.66. The number of carboxylic acid groups (broad SMARTS) is 1. The van der Waals surface area contributed by atoms with Gasteiger partial charge >= 0.3 is 5.97 Å². The molecule has 2 aromatic rings. The first kappa shape index (κ1) is 12.9. The molecule has 19 heavy (non-hydrogen) atoms. The quantitative estimate of drug-likeness (QED) is 0.831. The van der Waals surface area contributed by atoms with E-state index in [1.54, 1.807) is 24.3 Å². The summed E-state index contributed by atoms with van der Waals surface area (Å²) < 4.78 is 7.57. The van der Waals surface area contributed by atoms with Crippen LogP contribution < -0.4 is 5.32 Å². The van der Waals surface area contributed by atoms with Gasteiger partial charge in [-0.15, -0.1) is 0 Å². The topological polar surface area (TPSA) is 92.2 Å². The van der Waals surface area contributed by atoms with E-state index in [0.29, 0.717) is 5.69 Å². The number of carboxylic acids is 1. The molecule has 2 N–H and O–H groups in total. The summed E-state index contributed by atoms with van der Waals surface area (Å²) in [5.41, 5.74) is 1.60. The number of anilines is 1. The average Bonchev–Trinajstić information content (AvgIpc) is 2.92. The Kier molecular flexibility index (Phi) is 3.99. The van der Waals surface area contributed by atoms with Gasteiger partial charge in [0.1, 0.15) is 0 Å². The van der Waals surface area contributed by atoms with Gasteiger partial charge in [0, 0.05) is 11.8 Å². The van der Waals surface area contributed by atoms with Crippen molar-refractivity contribution in [3.8, 4) is 0 Å². The lowest BCUT2D eigenvalue weighted by molar-refractivity contribution is -0.131. The normalized spacial score (nSPS) is 10.5. The van der Waals surface area contributed by atoms with Crippen molar-refractivity contribution in [1.29, 1.82) is 0 Å². The van der Waals surface area contributed by atoms with Gasteiger partial charge < -0.3 is 10.4 Å². The van der Waals surface area contributed by atoms with Gasteiger partial charge in [-0.3, -0.25) is 4.79 Å². The number of rotatable bonds is 4. The maximum absolute atomic E-state index is 11.7. The molecule has 0 fully saturated rings. The minimum Gasteiger partial charge on any atom is -0.478 e. The van der Waals surface area contributed by atoms with Crippen LogP contribution in [-0.2, 0) is 4.79 Å². The fraction of sp³-hybridized carbons (Fsp3) is 0. The van der Waals surface area contributed by atoms with E-state index >= 15 is 0 Å². The molecule has 96 valence electrons. The van der Waals surface area contributed by atoms with Crippen LogP contribution in [0.15, 0.2) is 36.5 Å². The third kappa shape index (κ3) is 3.71. The molecule has 6 nitrogen and oxygen atoms in total. The van der Waals surface area contributed by atoms with E-state index in [1.165, 1.54) is 12.3 Å². The van der Waals surface area contributed by atoms with Crippen LogP contribution in [0, 0.1) is 0 Å². The molecule has 7 heteroatoms. The van der Waals surface area contributed by atoms with Crippen molar-refractivity contribution in [2.45, 2.75) is 0 Å². The molecular formula is C12H9N3O3S. The molecule has 0 spiro atoms. The van der Waals surface area contributed by atoms with Gasteiger partial charge in [-0.2, -0.15) is 8.75 Å². The molecule has 1 aromatic carbocycles. The highest BCUT2D eigenvalue weighted by molar-refractivity contribution is 6.99. The highest BCUT2D eigenvalue weighted by atomic mass is 32.1. The Morgan fingerprint density at radius 2 is 2.00 bits per heavy atom. The molecule has 1 heterocycles. The molecule has 0 saturated carbocycles. The summed E-state index contributed by atoms with van der Waals surface area (Å²) in [6.07, 6.45) is 3.91. The van der Waals surface area contributed by atoms with Crippen LogP contribution in [0.4, 0.5) is 5.69 Å². The van der Waals surface area contributed by atoms with E-state index < -0.39 is 5.97 Å². The average molecular weight is 275 g/mol. The fourth-order valence-electron chi connectivity index (χ4n) is 1.30. The Hall–Kier alpha value is -2.54. The van der Waals surface area contributed by atoms with Crippen molar-refractivity contribution in [2.75, 3.05) is 5.32 Å². The molecule has 0 unspecified atom stereocenters. The molecule has 0 saturated heterocycles. The number of benzene rings is 1. The van der Waals surface area contributed by atoms with E-state index in [4.69, 9.17) is 5.11 Å². The van der Waals surface area contributed by atoms with Gasteiger partial charge in [0.25, 0.3) is 5.91 Å². The Morgan fingerprint density at radius 1 is 1.26 bits per heavy atom. The molecule has 1 aromatic heterocycles. The second kappa shape index (κ2) is 5.87. The second-order valence-corrected chi connectivity index (χ2v) is 4.10. The fourth-order valence-corrected chi connectivity index (χ4v) is 1.72. The second-order valence-electron chi connectivity index (χ2n) is 3.54. The van der Waals surface area contributed by atoms with Crippen molar-refractivity contribution < 1.29 is 14.7 Å². The van der Waals surface area contributed by atoms with Gasteiger partial charge in [0.15, 0.2) is 5.69 Å². The third-order valence-electron chi connectivity index (χ3n) is 2.18. The summed E-state index contributed by atoms with van der Waals surface area (Å²) in [6, 6.07) is 6.77. The smallest absolute Gasteiger partial charge is 0.328 e. The molecule has 1 amide bonds. The number of hydrogen-bond donors (Lipinski definition) is 2. The SMILES string of the molecule is O=C(O)/C=C/c1ccc(NC(=O)c2cnsn2)cc1. The van der Waals surface area contributed by atoms with Gasteiger partial charge in [0.05, 0.1) is 17.9 Å². The van der Waals surface area contributed by atoms with E-state index in [0.717, 1.165) is 23.4 Å². The Bertz CT molecular complexity index is 606. The van der Waals surface area contributed by atoms with Crippen LogP contribution in [0.25, 0.3) is 6.08 Å². The molecule has 0 bridgehead atoms. The van der Waals surface area contributed by atoms with Crippen molar-refractivity contribution in [2.24, 2.45) is 0 Å². The van der Waals surface area contributed by atoms with Crippen molar-refractivity contribution >= 4 is 35.4 Å². The lowest BCUT2D eigenvalue weighted by Crippen LogP contribution is -2.11. The largest absolute Gasteiger partial charge is 0.478 e. The summed E-state index contributed by atoms with van der Waals surface area (Å²) in [7, 11) is 0. The van der Waals surface area contributed by atoms with Crippen molar-refractivity contribution in [3.05, 3.63) is 47.8 Å². The summed E-state index contributed by atoms with van der Waals surface area (Å²) in [6.45, 7) is 0. The zero-order valence-corrected chi connectivity index (χ0v) is 10.4. The molecule has 0 atom stereocenters. The number of hydrogen-bond acceptors (Lipinski definition) is 5. The van der Waals surface area contributed by atoms with E-state index in [9.17, 15) is 9.59 Å². The highest BCUT2D eigenvalue weighted by Crippen LogP contribution is 2.12. The van der Waals surface area contributed by atoms with Crippen LogP contribution in [0.3, 0.4) is 0 Å². The molecule has 0 aliphatic carbocycles. The number of carbonyl (C=O) groups is 2. The Balaban J connectivity index is 2.03. The van der Waals surface area contributed by atoms with Crippen LogP contribution in [0.5, 0.6) is 0 Å². The van der Waals surface area contributed by atoms with Crippen LogP contribution >= 0.6 is 11.7 Å². The first-order chi connectivity index (χ1) is 9.15.